The van der Waals surface area contributed by atoms with Gasteiger partial charge in [-0.2, -0.15) is 4.31 Å². The van der Waals surface area contributed by atoms with E-state index < -0.39 is 15.8 Å². The van der Waals surface area contributed by atoms with Gasteiger partial charge >= 0.3 is 0 Å². The van der Waals surface area contributed by atoms with E-state index in [-0.39, 0.29) is 29.0 Å². The average molecular weight is 313 g/mol. The van der Waals surface area contributed by atoms with Crippen LogP contribution in [0.25, 0.3) is 0 Å². The summed E-state index contributed by atoms with van der Waals surface area (Å²) in [5.74, 6) is 4.18. The van der Waals surface area contributed by atoms with Gasteiger partial charge in [-0.05, 0) is 31.0 Å². The van der Waals surface area contributed by atoms with E-state index in [0.29, 0.717) is 0 Å². The molecule has 0 radical (unpaired) electrons. The number of rotatable bonds is 4. The van der Waals surface area contributed by atoms with Crippen molar-refractivity contribution in [1.29, 1.82) is 0 Å². The van der Waals surface area contributed by atoms with Crippen molar-refractivity contribution in [3.63, 3.8) is 0 Å². The molecule has 0 aromatic heterocycles. The van der Waals surface area contributed by atoms with Crippen molar-refractivity contribution in [3.8, 4) is 11.8 Å². The fourth-order valence-electron chi connectivity index (χ4n) is 1.70. The lowest BCUT2D eigenvalue weighted by Crippen LogP contribution is -2.38. The van der Waals surface area contributed by atoms with Crippen LogP contribution in [-0.4, -0.2) is 37.5 Å². The second kappa shape index (κ2) is 7.03. The number of aliphatic hydroxyl groups excluding tert-OH is 1. The minimum absolute atomic E-state index is 0.0579. The van der Waals surface area contributed by atoms with Crippen molar-refractivity contribution in [2.45, 2.75) is 31.7 Å². The first-order valence-electron chi connectivity index (χ1n) is 6.59. The Morgan fingerprint density at radius 3 is 2.43 bits per heavy atom. The van der Waals surface area contributed by atoms with Crippen LogP contribution >= 0.6 is 0 Å². The number of benzene rings is 1. The lowest BCUT2D eigenvalue weighted by atomic mass is 10.1. The Balaban J connectivity index is 3.19. The fraction of sp³-hybridized carbons (Fsp3) is 0.467. The molecule has 0 fully saturated rings. The van der Waals surface area contributed by atoms with Gasteiger partial charge in [0.15, 0.2) is 0 Å². The summed E-state index contributed by atoms with van der Waals surface area (Å²) in [6, 6.07) is 3.38. The van der Waals surface area contributed by atoms with Gasteiger partial charge in [-0.1, -0.05) is 25.7 Å². The monoisotopic (exact) mass is 313 g/mol. The first-order valence-corrected chi connectivity index (χ1v) is 8.03. The highest BCUT2D eigenvalue weighted by molar-refractivity contribution is 7.89. The fourth-order valence-corrected chi connectivity index (χ4v) is 3.20. The van der Waals surface area contributed by atoms with E-state index in [1.807, 2.05) is 13.8 Å². The summed E-state index contributed by atoms with van der Waals surface area (Å²) < 4.78 is 40.0. The molecule has 0 bridgehead atoms. The van der Waals surface area contributed by atoms with Crippen LogP contribution in [0.15, 0.2) is 23.1 Å². The summed E-state index contributed by atoms with van der Waals surface area (Å²) in [6.45, 7) is 5.27. The summed E-state index contributed by atoms with van der Waals surface area (Å²) in [5, 5.41) is 8.59. The average Bonchev–Trinajstić information content (AvgIpc) is 2.44. The van der Waals surface area contributed by atoms with Gasteiger partial charge in [0.05, 0.1) is 10.5 Å². The van der Waals surface area contributed by atoms with Gasteiger partial charge in [0.1, 0.15) is 12.4 Å². The molecule has 0 saturated carbocycles. The molecule has 1 atom stereocenters. The van der Waals surface area contributed by atoms with E-state index in [4.69, 9.17) is 5.11 Å². The Kier molecular flexibility index (Phi) is 5.90. The minimum Gasteiger partial charge on any atom is -0.384 e. The molecular formula is C15H20FNO3S. The molecule has 1 aromatic carbocycles. The van der Waals surface area contributed by atoms with Crippen LogP contribution in [0.3, 0.4) is 0 Å². The number of halogens is 1. The van der Waals surface area contributed by atoms with Gasteiger partial charge in [-0.3, -0.25) is 0 Å². The van der Waals surface area contributed by atoms with Crippen molar-refractivity contribution in [2.75, 3.05) is 13.7 Å². The van der Waals surface area contributed by atoms with Gasteiger partial charge in [0.25, 0.3) is 0 Å². The molecule has 1 rings (SSSR count). The molecule has 1 N–H and O–H groups in total. The van der Waals surface area contributed by atoms with E-state index in [0.717, 1.165) is 6.07 Å². The highest BCUT2D eigenvalue weighted by Crippen LogP contribution is 2.21. The Morgan fingerprint density at radius 2 is 1.95 bits per heavy atom. The van der Waals surface area contributed by atoms with E-state index >= 15 is 0 Å². The molecule has 116 valence electrons. The lowest BCUT2D eigenvalue weighted by Gasteiger charge is -2.27. The standard InChI is InChI=1S/C15H20FNO3S/c1-11(2)12(3)17(4)21(19,20)14-8-7-13(6-5-9-18)15(16)10-14/h7-8,10-12,18H,9H2,1-4H3. The predicted molar refractivity (Wildman–Crippen MR) is 79.6 cm³/mol. The number of sulfonamides is 1. The summed E-state index contributed by atoms with van der Waals surface area (Å²) in [4.78, 5) is -0.107. The molecule has 0 aliphatic rings. The zero-order valence-corrected chi connectivity index (χ0v) is 13.4. The van der Waals surface area contributed by atoms with Gasteiger partial charge in [0, 0.05) is 13.1 Å². The van der Waals surface area contributed by atoms with E-state index in [1.54, 1.807) is 6.92 Å². The molecule has 6 heteroatoms. The quantitative estimate of drug-likeness (QED) is 0.863. The number of nitrogens with zero attached hydrogens (tertiary/aromatic N) is 1. The van der Waals surface area contributed by atoms with E-state index in [9.17, 15) is 12.8 Å². The molecule has 0 spiro atoms. The first-order chi connectivity index (χ1) is 9.71. The van der Waals surface area contributed by atoms with Gasteiger partial charge < -0.3 is 5.11 Å². The zero-order chi connectivity index (χ0) is 16.2. The number of aliphatic hydroxyl groups is 1. The van der Waals surface area contributed by atoms with Crippen LogP contribution in [0.1, 0.15) is 26.3 Å². The van der Waals surface area contributed by atoms with Gasteiger partial charge in [-0.25, -0.2) is 12.8 Å². The van der Waals surface area contributed by atoms with Crippen molar-refractivity contribution in [1.82, 2.24) is 4.31 Å². The Labute approximate surface area is 125 Å². The molecule has 0 amide bonds. The van der Waals surface area contributed by atoms with Crippen LogP contribution in [0.2, 0.25) is 0 Å². The maximum atomic E-state index is 13.9. The molecule has 0 saturated heterocycles. The highest BCUT2D eigenvalue weighted by Gasteiger charge is 2.27. The lowest BCUT2D eigenvalue weighted by molar-refractivity contribution is 0.315. The Bertz CT molecular complexity index is 659. The molecule has 1 aromatic rings. The maximum Gasteiger partial charge on any atom is 0.243 e. The number of hydrogen-bond donors (Lipinski definition) is 1. The number of hydrogen-bond acceptors (Lipinski definition) is 3. The predicted octanol–water partition coefficient (Wildman–Crippen LogP) is 1.83. The van der Waals surface area contributed by atoms with Gasteiger partial charge in [0.2, 0.25) is 10.0 Å². The molecular weight excluding hydrogens is 293 g/mol. The van der Waals surface area contributed by atoms with E-state index in [2.05, 4.69) is 11.8 Å². The van der Waals surface area contributed by atoms with Crippen molar-refractivity contribution in [3.05, 3.63) is 29.6 Å². The second-order valence-electron chi connectivity index (χ2n) is 5.11. The first kappa shape index (κ1) is 17.6. The van der Waals surface area contributed by atoms with Crippen molar-refractivity contribution in [2.24, 2.45) is 5.92 Å². The zero-order valence-electron chi connectivity index (χ0n) is 12.6. The Hall–Kier alpha value is -1.42. The third kappa shape index (κ3) is 4.03. The Morgan fingerprint density at radius 1 is 1.33 bits per heavy atom. The summed E-state index contributed by atoms with van der Waals surface area (Å²) >= 11 is 0. The van der Waals surface area contributed by atoms with Crippen LogP contribution in [0.4, 0.5) is 4.39 Å². The summed E-state index contributed by atoms with van der Waals surface area (Å²) in [5.41, 5.74) is 0.0579. The second-order valence-corrected chi connectivity index (χ2v) is 7.10. The van der Waals surface area contributed by atoms with Gasteiger partial charge in [-0.15, -0.1) is 0 Å². The molecule has 0 aliphatic carbocycles. The van der Waals surface area contributed by atoms with E-state index in [1.165, 1.54) is 23.5 Å². The highest BCUT2D eigenvalue weighted by atomic mass is 32.2. The van der Waals surface area contributed by atoms with Crippen LogP contribution < -0.4 is 0 Å². The molecule has 4 nitrogen and oxygen atoms in total. The molecule has 1 unspecified atom stereocenters. The third-order valence-electron chi connectivity index (χ3n) is 3.46. The summed E-state index contributed by atoms with van der Waals surface area (Å²) in [7, 11) is -2.26. The summed E-state index contributed by atoms with van der Waals surface area (Å²) in [6.07, 6.45) is 0. The molecule has 0 aliphatic heterocycles. The van der Waals surface area contributed by atoms with Crippen LogP contribution in [0.5, 0.6) is 0 Å². The third-order valence-corrected chi connectivity index (χ3v) is 5.40. The van der Waals surface area contributed by atoms with Crippen molar-refractivity contribution < 1.29 is 17.9 Å². The van der Waals surface area contributed by atoms with Crippen molar-refractivity contribution >= 4 is 10.0 Å². The minimum atomic E-state index is -3.75. The largest absolute Gasteiger partial charge is 0.384 e. The SMILES string of the molecule is CC(C)C(C)N(C)S(=O)(=O)c1ccc(C#CCO)c(F)c1. The molecule has 0 heterocycles. The van der Waals surface area contributed by atoms with Crippen LogP contribution in [-0.2, 0) is 10.0 Å². The molecule has 21 heavy (non-hydrogen) atoms. The normalized spacial score (nSPS) is 13.1. The topological polar surface area (TPSA) is 57.6 Å². The maximum absolute atomic E-state index is 13.9. The smallest absolute Gasteiger partial charge is 0.243 e. The van der Waals surface area contributed by atoms with Crippen LogP contribution in [0, 0.1) is 23.6 Å².